The highest BCUT2D eigenvalue weighted by molar-refractivity contribution is 4.62. The molecule has 278 valence electrons. The van der Waals surface area contributed by atoms with Crippen LogP contribution in [0.2, 0.25) is 0 Å². The molecule has 8 heteroatoms. The number of aliphatic hydroxyl groups excluding tert-OH is 1. The van der Waals surface area contributed by atoms with E-state index in [-0.39, 0.29) is 6.10 Å². The first-order valence-electron chi connectivity index (χ1n) is 20.0. The average Bonchev–Trinajstić information content (AvgIpc) is 3.06. The molecule has 6 N–H and O–H groups in total. The van der Waals surface area contributed by atoms with Gasteiger partial charge in [0.05, 0.1) is 13.2 Å². The van der Waals surface area contributed by atoms with Gasteiger partial charge in [-0.3, -0.25) is 4.90 Å². The second-order valence-corrected chi connectivity index (χ2v) is 13.4. The molecular formula is C38H82N4O4. The Morgan fingerprint density at radius 1 is 0.522 bits per heavy atom. The summed E-state index contributed by atoms with van der Waals surface area (Å²) in [7, 11) is 0. The highest BCUT2D eigenvalue weighted by atomic mass is 16.6. The van der Waals surface area contributed by atoms with Crippen molar-refractivity contribution in [3.8, 4) is 0 Å². The number of hydrogen-bond donors (Lipinski definition) is 4. The van der Waals surface area contributed by atoms with E-state index < -0.39 is 6.41 Å². The third-order valence-electron chi connectivity index (χ3n) is 8.80. The van der Waals surface area contributed by atoms with E-state index in [9.17, 15) is 5.11 Å². The molecule has 0 aromatic heterocycles. The normalized spacial score (nSPS) is 13.2. The molecule has 0 aromatic rings. The fraction of sp³-hybridized carbons (Fsp3) is 1.00. The van der Waals surface area contributed by atoms with E-state index in [0.717, 1.165) is 84.5 Å². The van der Waals surface area contributed by atoms with Crippen LogP contribution in [0.3, 0.4) is 0 Å². The van der Waals surface area contributed by atoms with Crippen molar-refractivity contribution in [2.75, 3.05) is 65.7 Å². The predicted molar refractivity (Wildman–Crippen MR) is 197 cm³/mol. The molecule has 0 aliphatic rings. The third-order valence-corrected chi connectivity index (χ3v) is 8.80. The van der Waals surface area contributed by atoms with E-state index in [4.69, 9.17) is 25.7 Å². The van der Waals surface area contributed by atoms with Crippen LogP contribution in [0.5, 0.6) is 0 Å². The zero-order valence-electron chi connectivity index (χ0n) is 31.0. The standard InChI is InChI=1S/C38H82N4O4/c1-3-5-7-9-11-13-15-17-19-23-33-44-35-37(45-34-24-20-18-16-14-12-10-8-6-4-2)36-46-38(43)42(32-26-28-40)31-22-21-29-41-30-25-27-39/h37-38,41,43H,3-36,39-40H2,1-2H3. The Hall–Kier alpha value is -0.320. The molecule has 8 nitrogen and oxygen atoms in total. The summed E-state index contributed by atoms with van der Waals surface area (Å²) in [6.45, 7) is 11.6. The van der Waals surface area contributed by atoms with Crippen molar-refractivity contribution in [2.45, 2.75) is 180 Å². The molecule has 0 bridgehead atoms. The molecular weight excluding hydrogens is 576 g/mol. The van der Waals surface area contributed by atoms with Crippen LogP contribution in [0.15, 0.2) is 0 Å². The van der Waals surface area contributed by atoms with Gasteiger partial charge in [-0.1, -0.05) is 129 Å². The van der Waals surface area contributed by atoms with Gasteiger partial charge in [0.2, 0.25) is 6.41 Å². The van der Waals surface area contributed by atoms with Crippen molar-refractivity contribution in [3.63, 3.8) is 0 Å². The molecule has 0 radical (unpaired) electrons. The Morgan fingerprint density at radius 3 is 1.54 bits per heavy atom. The lowest BCUT2D eigenvalue weighted by Crippen LogP contribution is -2.41. The summed E-state index contributed by atoms with van der Waals surface area (Å²) >= 11 is 0. The first-order chi connectivity index (χ1) is 22.7. The summed E-state index contributed by atoms with van der Waals surface area (Å²) in [5.74, 6) is 0. The maximum Gasteiger partial charge on any atom is 0.216 e. The first-order valence-corrected chi connectivity index (χ1v) is 20.0. The van der Waals surface area contributed by atoms with E-state index in [1.807, 2.05) is 4.90 Å². The average molecular weight is 659 g/mol. The monoisotopic (exact) mass is 659 g/mol. The summed E-state index contributed by atoms with van der Waals surface area (Å²) in [6.07, 6.45) is 29.0. The van der Waals surface area contributed by atoms with E-state index in [1.165, 1.54) is 116 Å². The molecule has 0 saturated carbocycles. The largest absolute Gasteiger partial charge is 0.379 e. The predicted octanol–water partition coefficient (Wildman–Crippen LogP) is 7.89. The maximum atomic E-state index is 10.9. The lowest BCUT2D eigenvalue weighted by atomic mass is 10.1. The van der Waals surface area contributed by atoms with Crippen LogP contribution in [0.1, 0.15) is 168 Å². The van der Waals surface area contributed by atoms with Crippen LogP contribution in [0.25, 0.3) is 0 Å². The Bertz CT molecular complexity index is 561. The number of nitrogens with two attached hydrogens (primary N) is 2. The number of nitrogens with zero attached hydrogens (tertiary/aromatic N) is 1. The van der Waals surface area contributed by atoms with Crippen molar-refractivity contribution in [1.29, 1.82) is 0 Å². The molecule has 0 heterocycles. The van der Waals surface area contributed by atoms with Gasteiger partial charge >= 0.3 is 0 Å². The van der Waals surface area contributed by atoms with Crippen LogP contribution in [0.4, 0.5) is 0 Å². The van der Waals surface area contributed by atoms with E-state index >= 15 is 0 Å². The first kappa shape index (κ1) is 45.7. The highest BCUT2D eigenvalue weighted by Crippen LogP contribution is 2.13. The second kappa shape index (κ2) is 39.1. The zero-order chi connectivity index (χ0) is 33.6. The number of aliphatic hydroxyl groups is 1. The van der Waals surface area contributed by atoms with Crippen molar-refractivity contribution in [2.24, 2.45) is 11.5 Å². The van der Waals surface area contributed by atoms with Gasteiger partial charge < -0.3 is 36.1 Å². The van der Waals surface area contributed by atoms with E-state index in [2.05, 4.69) is 19.2 Å². The van der Waals surface area contributed by atoms with Crippen LogP contribution in [-0.2, 0) is 14.2 Å². The summed E-state index contributed by atoms with van der Waals surface area (Å²) < 4.78 is 18.3. The lowest BCUT2D eigenvalue weighted by Gasteiger charge is -2.29. The molecule has 2 unspecified atom stereocenters. The van der Waals surface area contributed by atoms with Crippen molar-refractivity contribution >= 4 is 0 Å². The van der Waals surface area contributed by atoms with Crippen LogP contribution in [0, 0.1) is 0 Å². The minimum absolute atomic E-state index is 0.167. The Labute approximate surface area is 286 Å². The number of ether oxygens (including phenoxy) is 3. The molecule has 2 atom stereocenters. The fourth-order valence-corrected chi connectivity index (χ4v) is 5.73. The molecule has 46 heavy (non-hydrogen) atoms. The van der Waals surface area contributed by atoms with Gasteiger partial charge in [-0.15, -0.1) is 0 Å². The van der Waals surface area contributed by atoms with Gasteiger partial charge in [0.1, 0.15) is 6.10 Å². The Morgan fingerprint density at radius 2 is 1.00 bits per heavy atom. The number of rotatable bonds is 40. The Kier molecular flexibility index (Phi) is 38.8. The van der Waals surface area contributed by atoms with Gasteiger partial charge in [-0.25, -0.2) is 0 Å². The minimum Gasteiger partial charge on any atom is -0.379 e. The third kappa shape index (κ3) is 33.6. The Balaban J connectivity index is 4.45. The molecule has 0 aliphatic heterocycles. The molecule has 0 amide bonds. The molecule has 0 fully saturated rings. The molecule has 0 saturated heterocycles. The van der Waals surface area contributed by atoms with Crippen LogP contribution < -0.4 is 16.8 Å². The van der Waals surface area contributed by atoms with Gasteiger partial charge in [-0.05, 0) is 64.7 Å². The van der Waals surface area contributed by atoms with Crippen LogP contribution in [-0.4, -0.2) is 88.2 Å². The quantitative estimate of drug-likeness (QED) is 0.0388. The number of nitrogens with one attached hydrogen (secondary N) is 1. The van der Waals surface area contributed by atoms with Crippen molar-refractivity contribution in [1.82, 2.24) is 10.2 Å². The topological polar surface area (TPSA) is 115 Å². The van der Waals surface area contributed by atoms with Gasteiger partial charge in [0.15, 0.2) is 0 Å². The number of unbranched alkanes of at least 4 members (excludes halogenated alkanes) is 19. The lowest BCUT2D eigenvalue weighted by molar-refractivity contribution is -0.212. The van der Waals surface area contributed by atoms with Gasteiger partial charge in [-0.2, -0.15) is 0 Å². The van der Waals surface area contributed by atoms with Crippen LogP contribution >= 0.6 is 0 Å². The molecule has 0 rings (SSSR count). The minimum atomic E-state index is -0.956. The van der Waals surface area contributed by atoms with E-state index in [0.29, 0.717) is 19.8 Å². The summed E-state index contributed by atoms with van der Waals surface area (Å²) in [6, 6.07) is 0. The summed E-state index contributed by atoms with van der Waals surface area (Å²) in [5, 5.41) is 14.4. The SMILES string of the molecule is CCCCCCCCCCCCOCC(COC(O)N(CCCN)CCCCNCCCN)OCCCCCCCCCCCC. The smallest absolute Gasteiger partial charge is 0.216 e. The fourth-order valence-electron chi connectivity index (χ4n) is 5.73. The van der Waals surface area contributed by atoms with E-state index in [1.54, 1.807) is 0 Å². The zero-order valence-corrected chi connectivity index (χ0v) is 31.0. The highest BCUT2D eigenvalue weighted by Gasteiger charge is 2.19. The molecule has 0 aromatic carbocycles. The second-order valence-electron chi connectivity index (χ2n) is 13.4. The molecule has 0 aliphatic carbocycles. The van der Waals surface area contributed by atoms with Gasteiger partial charge in [0, 0.05) is 26.3 Å². The summed E-state index contributed by atoms with van der Waals surface area (Å²) in [5.41, 5.74) is 11.4. The van der Waals surface area contributed by atoms with Crippen molar-refractivity contribution in [3.05, 3.63) is 0 Å². The molecule has 0 spiro atoms. The van der Waals surface area contributed by atoms with Gasteiger partial charge in [0.25, 0.3) is 0 Å². The maximum absolute atomic E-state index is 10.9. The summed E-state index contributed by atoms with van der Waals surface area (Å²) in [4.78, 5) is 2.00. The van der Waals surface area contributed by atoms with Crippen molar-refractivity contribution < 1.29 is 19.3 Å². The number of hydrogen-bond acceptors (Lipinski definition) is 8.